The van der Waals surface area contributed by atoms with Crippen LogP contribution in [-0.2, 0) is 0 Å². The van der Waals surface area contributed by atoms with Crippen molar-refractivity contribution < 1.29 is 5.11 Å². The van der Waals surface area contributed by atoms with Gasteiger partial charge in [-0.2, -0.15) is 0 Å². The molecular weight excluding hydrogens is 287 g/mol. The standard InChI is InChI=1S/C16H20OSe/c1-4-12-16(17,13-5-2)15(6-3)18-14-10-8-7-9-11-14/h4-11,17H,1-2,12-13H2,3H3/b15-6+. The Kier molecular flexibility index (Phi) is 6.14. The van der Waals surface area contributed by atoms with E-state index in [1.165, 1.54) is 4.46 Å². The van der Waals surface area contributed by atoms with Crippen LogP contribution in [0, 0.1) is 0 Å². The van der Waals surface area contributed by atoms with Gasteiger partial charge in [0.15, 0.2) is 0 Å². The summed E-state index contributed by atoms with van der Waals surface area (Å²) in [5.41, 5.74) is -0.825. The van der Waals surface area contributed by atoms with Crippen molar-refractivity contribution in [1.82, 2.24) is 0 Å². The van der Waals surface area contributed by atoms with E-state index in [0.717, 1.165) is 4.47 Å². The number of benzene rings is 1. The molecule has 0 aliphatic carbocycles. The summed E-state index contributed by atoms with van der Waals surface area (Å²) in [6, 6.07) is 10.3. The molecule has 96 valence electrons. The molecule has 0 heterocycles. The number of aliphatic hydroxyl groups is 1. The first kappa shape index (κ1) is 15.0. The minimum absolute atomic E-state index is 0.136. The van der Waals surface area contributed by atoms with Gasteiger partial charge in [0.25, 0.3) is 0 Å². The van der Waals surface area contributed by atoms with Crippen LogP contribution in [0.3, 0.4) is 0 Å². The van der Waals surface area contributed by atoms with Crippen molar-refractivity contribution in [3.63, 3.8) is 0 Å². The van der Waals surface area contributed by atoms with Crippen LogP contribution in [0.15, 0.2) is 66.2 Å². The Morgan fingerprint density at radius 2 is 1.78 bits per heavy atom. The van der Waals surface area contributed by atoms with Gasteiger partial charge in [-0.25, -0.2) is 0 Å². The van der Waals surface area contributed by atoms with E-state index in [2.05, 4.69) is 25.3 Å². The number of hydrogen-bond donors (Lipinski definition) is 1. The fourth-order valence-corrected chi connectivity index (χ4v) is 3.94. The van der Waals surface area contributed by atoms with E-state index >= 15 is 0 Å². The SMILES string of the molecule is C=CCC(O)(CC=C)/C(=C\C)[Se]c1ccccc1. The molecule has 0 atom stereocenters. The van der Waals surface area contributed by atoms with Gasteiger partial charge in [-0.15, -0.1) is 0 Å². The molecule has 1 N–H and O–H groups in total. The summed E-state index contributed by atoms with van der Waals surface area (Å²) in [4.78, 5) is 0. The Balaban J connectivity index is 2.93. The van der Waals surface area contributed by atoms with Crippen molar-refractivity contribution in [2.75, 3.05) is 0 Å². The molecule has 0 aliphatic heterocycles. The predicted molar refractivity (Wildman–Crippen MR) is 80.2 cm³/mol. The maximum atomic E-state index is 10.7. The zero-order chi connectivity index (χ0) is 13.4. The van der Waals surface area contributed by atoms with E-state index in [0.29, 0.717) is 12.8 Å². The number of allylic oxidation sites excluding steroid dienone is 1. The van der Waals surface area contributed by atoms with Crippen molar-refractivity contribution in [1.29, 1.82) is 0 Å². The summed E-state index contributed by atoms with van der Waals surface area (Å²) in [6.07, 6.45) is 6.70. The Bertz CT molecular complexity index is 410. The normalized spacial score (nSPS) is 12.2. The molecule has 0 saturated heterocycles. The molecule has 0 radical (unpaired) electrons. The van der Waals surface area contributed by atoms with Gasteiger partial charge in [-0.05, 0) is 0 Å². The van der Waals surface area contributed by atoms with E-state index in [-0.39, 0.29) is 15.0 Å². The van der Waals surface area contributed by atoms with Crippen molar-refractivity contribution in [3.05, 3.63) is 66.2 Å². The Labute approximate surface area is 116 Å². The Hall–Kier alpha value is -1.08. The fraction of sp³-hybridized carbons (Fsp3) is 0.250. The maximum absolute atomic E-state index is 10.7. The second-order valence-corrected chi connectivity index (χ2v) is 6.43. The summed E-state index contributed by atoms with van der Waals surface area (Å²) < 4.78 is 2.35. The van der Waals surface area contributed by atoms with E-state index in [4.69, 9.17) is 0 Å². The van der Waals surface area contributed by atoms with Crippen LogP contribution in [-0.4, -0.2) is 25.7 Å². The summed E-state index contributed by atoms with van der Waals surface area (Å²) in [6.45, 7) is 9.46. The molecular formula is C16H20OSe. The first-order valence-electron chi connectivity index (χ1n) is 6.00. The van der Waals surface area contributed by atoms with E-state index in [1.807, 2.05) is 31.2 Å². The van der Waals surface area contributed by atoms with Gasteiger partial charge in [0, 0.05) is 0 Å². The van der Waals surface area contributed by atoms with Crippen LogP contribution in [0.4, 0.5) is 0 Å². The molecule has 1 aromatic carbocycles. The molecule has 0 bridgehead atoms. The average Bonchev–Trinajstić information content (AvgIpc) is 2.37. The fourth-order valence-electron chi connectivity index (χ4n) is 1.80. The quantitative estimate of drug-likeness (QED) is 0.607. The number of rotatable bonds is 7. The first-order valence-corrected chi connectivity index (χ1v) is 7.71. The van der Waals surface area contributed by atoms with Crippen LogP contribution in [0.25, 0.3) is 0 Å². The zero-order valence-electron chi connectivity index (χ0n) is 10.8. The first-order chi connectivity index (χ1) is 8.66. The molecule has 1 nitrogen and oxygen atoms in total. The van der Waals surface area contributed by atoms with E-state index < -0.39 is 5.60 Å². The second-order valence-electron chi connectivity index (χ2n) is 4.09. The van der Waals surface area contributed by atoms with Crippen LogP contribution >= 0.6 is 0 Å². The molecule has 0 saturated carbocycles. The molecule has 18 heavy (non-hydrogen) atoms. The monoisotopic (exact) mass is 308 g/mol. The molecule has 0 aromatic heterocycles. The average molecular weight is 307 g/mol. The van der Waals surface area contributed by atoms with Crippen LogP contribution in [0.5, 0.6) is 0 Å². The third kappa shape index (κ3) is 3.99. The molecule has 1 rings (SSSR count). The van der Waals surface area contributed by atoms with Gasteiger partial charge in [0.05, 0.1) is 0 Å². The third-order valence-corrected chi connectivity index (χ3v) is 5.47. The topological polar surface area (TPSA) is 20.2 Å². The molecule has 2 heteroatoms. The summed E-state index contributed by atoms with van der Waals surface area (Å²) >= 11 is 0.136. The summed E-state index contributed by atoms with van der Waals surface area (Å²) in [7, 11) is 0. The Morgan fingerprint density at radius 1 is 1.22 bits per heavy atom. The van der Waals surface area contributed by atoms with Crippen LogP contribution < -0.4 is 4.46 Å². The van der Waals surface area contributed by atoms with Gasteiger partial charge in [-0.1, -0.05) is 0 Å². The van der Waals surface area contributed by atoms with Crippen molar-refractivity contribution in [2.45, 2.75) is 25.4 Å². The second kappa shape index (κ2) is 7.38. The minimum atomic E-state index is -0.825. The third-order valence-electron chi connectivity index (χ3n) is 2.66. The van der Waals surface area contributed by atoms with Gasteiger partial charge in [0.1, 0.15) is 0 Å². The number of hydrogen-bond acceptors (Lipinski definition) is 1. The van der Waals surface area contributed by atoms with Crippen molar-refractivity contribution in [2.24, 2.45) is 0 Å². The molecule has 0 amide bonds. The summed E-state index contributed by atoms with van der Waals surface area (Å²) in [5.74, 6) is 0. The predicted octanol–water partition coefficient (Wildman–Crippen LogP) is 2.80. The van der Waals surface area contributed by atoms with E-state index in [9.17, 15) is 5.11 Å². The van der Waals surface area contributed by atoms with E-state index in [1.54, 1.807) is 12.2 Å². The van der Waals surface area contributed by atoms with Gasteiger partial charge < -0.3 is 0 Å². The molecule has 0 unspecified atom stereocenters. The van der Waals surface area contributed by atoms with Gasteiger partial charge in [0.2, 0.25) is 0 Å². The van der Waals surface area contributed by atoms with Crippen LogP contribution in [0.1, 0.15) is 19.8 Å². The Morgan fingerprint density at radius 3 is 2.22 bits per heavy atom. The van der Waals surface area contributed by atoms with Gasteiger partial charge >= 0.3 is 116 Å². The van der Waals surface area contributed by atoms with Crippen molar-refractivity contribution in [3.8, 4) is 0 Å². The zero-order valence-corrected chi connectivity index (χ0v) is 12.5. The van der Waals surface area contributed by atoms with Crippen LogP contribution in [0.2, 0.25) is 0 Å². The molecule has 0 aliphatic rings. The molecule has 0 spiro atoms. The molecule has 0 fully saturated rings. The van der Waals surface area contributed by atoms with Crippen molar-refractivity contribution >= 4 is 19.4 Å². The van der Waals surface area contributed by atoms with Gasteiger partial charge in [-0.3, -0.25) is 0 Å². The molecule has 1 aromatic rings. The summed E-state index contributed by atoms with van der Waals surface area (Å²) in [5, 5.41) is 10.7.